The quantitative estimate of drug-likeness (QED) is 0.835. The fourth-order valence-corrected chi connectivity index (χ4v) is 3.72. The van der Waals surface area contributed by atoms with Gasteiger partial charge in [0.1, 0.15) is 0 Å². The van der Waals surface area contributed by atoms with Crippen molar-refractivity contribution in [3.63, 3.8) is 0 Å². The molecule has 1 aromatic carbocycles. The molecule has 2 atom stereocenters. The van der Waals surface area contributed by atoms with Gasteiger partial charge in [-0.05, 0) is 36.4 Å². The fraction of sp³-hybridized carbons (Fsp3) is 0.647. The first-order valence-corrected chi connectivity index (χ1v) is 8.43. The molecule has 0 heterocycles. The third-order valence-corrected chi connectivity index (χ3v) is 5.18. The second kappa shape index (κ2) is 6.32. The van der Waals surface area contributed by atoms with Crippen LogP contribution in [0.25, 0.3) is 0 Å². The van der Waals surface area contributed by atoms with Gasteiger partial charge in [-0.15, -0.1) is 0 Å². The Morgan fingerprint density at radius 3 is 2.68 bits per heavy atom. The van der Waals surface area contributed by atoms with Gasteiger partial charge < -0.3 is 5.32 Å². The maximum absolute atomic E-state index is 3.66. The Labute approximate surface area is 122 Å². The van der Waals surface area contributed by atoms with Gasteiger partial charge in [-0.3, -0.25) is 0 Å². The summed E-state index contributed by atoms with van der Waals surface area (Å²) in [7, 11) is 0. The highest BCUT2D eigenvalue weighted by Crippen LogP contribution is 2.38. The molecule has 2 heteroatoms. The maximum atomic E-state index is 3.66. The summed E-state index contributed by atoms with van der Waals surface area (Å²) >= 11 is 2.08. The van der Waals surface area contributed by atoms with Crippen LogP contribution in [0.4, 0.5) is 0 Å². The first kappa shape index (κ1) is 14.9. The van der Waals surface area contributed by atoms with Crippen LogP contribution in [0.1, 0.15) is 51.2 Å². The molecule has 1 N–H and O–H groups in total. The average Bonchev–Trinajstić information content (AvgIpc) is 2.32. The lowest BCUT2D eigenvalue weighted by Crippen LogP contribution is -2.36. The van der Waals surface area contributed by atoms with E-state index in [1.807, 2.05) is 0 Å². The second-order valence-corrected chi connectivity index (χ2v) is 8.36. The predicted octanol–water partition coefficient (Wildman–Crippen LogP) is 4.23. The Balaban J connectivity index is 1.88. The van der Waals surface area contributed by atoms with Crippen LogP contribution < -0.4 is 5.32 Å². The topological polar surface area (TPSA) is 12.0 Å². The maximum Gasteiger partial charge on any atom is 0.0164 e. The summed E-state index contributed by atoms with van der Waals surface area (Å²) in [5.41, 5.74) is 3.15. The molecule has 1 aromatic rings. The molecule has 0 saturated carbocycles. The third-order valence-electron chi connectivity index (χ3n) is 3.74. The zero-order valence-electron chi connectivity index (χ0n) is 12.7. The molecule has 0 radical (unpaired) electrons. The summed E-state index contributed by atoms with van der Waals surface area (Å²) in [6.07, 6.45) is 2.56. The number of hydrogen-bond acceptors (Lipinski definition) is 2. The zero-order chi connectivity index (χ0) is 13.9. The van der Waals surface area contributed by atoms with E-state index in [-0.39, 0.29) is 0 Å². The molecule has 0 bridgehead atoms. The molecule has 0 fully saturated rings. The van der Waals surface area contributed by atoms with Gasteiger partial charge in [-0.1, -0.05) is 52.0 Å². The van der Waals surface area contributed by atoms with E-state index >= 15 is 0 Å². The smallest absolute Gasteiger partial charge is 0.0164 e. The average molecular weight is 277 g/mol. The molecule has 0 saturated heterocycles. The zero-order valence-corrected chi connectivity index (χ0v) is 13.5. The van der Waals surface area contributed by atoms with Gasteiger partial charge in [-0.25, -0.2) is 0 Å². The lowest BCUT2D eigenvalue weighted by molar-refractivity contribution is 0.451. The van der Waals surface area contributed by atoms with Crippen LogP contribution in [0, 0.1) is 0 Å². The van der Waals surface area contributed by atoms with Crippen molar-refractivity contribution in [3.05, 3.63) is 35.4 Å². The molecule has 0 spiro atoms. The monoisotopic (exact) mass is 277 g/mol. The van der Waals surface area contributed by atoms with Gasteiger partial charge in [0.15, 0.2) is 0 Å². The normalized spacial score (nSPS) is 19.7. The van der Waals surface area contributed by atoms with Crippen molar-refractivity contribution in [1.29, 1.82) is 0 Å². The molecule has 2 unspecified atom stereocenters. The van der Waals surface area contributed by atoms with Crippen molar-refractivity contribution in [3.8, 4) is 0 Å². The number of benzene rings is 1. The molecule has 0 amide bonds. The van der Waals surface area contributed by atoms with Crippen LogP contribution in [0.5, 0.6) is 0 Å². The first-order valence-electron chi connectivity index (χ1n) is 7.44. The van der Waals surface area contributed by atoms with Crippen LogP contribution in [0.15, 0.2) is 24.3 Å². The van der Waals surface area contributed by atoms with E-state index in [0.717, 1.165) is 12.5 Å². The van der Waals surface area contributed by atoms with Crippen LogP contribution in [0.3, 0.4) is 0 Å². The van der Waals surface area contributed by atoms with E-state index in [1.54, 1.807) is 11.1 Å². The van der Waals surface area contributed by atoms with E-state index in [1.165, 1.54) is 18.6 Å². The van der Waals surface area contributed by atoms with Crippen molar-refractivity contribution < 1.29 is 0 Å². The van der Waals surface area contributed by atoms with E-state index in [2.05, 4.69) is 69.0 Å². The number of fused-ring (bicyclic) bond motifs is 1. The molecular weight excluding hydrogens is 250 g/mol. The summed E-state index contributed by atoms with van der Waals surface area (Å²) in [6.45, 7) is 10.2. The minimum absolute atomic E-state index is 0.366. The highest BCUT2D eigenvalue weighted by Gasteiger charge is 2.28. The number of hydrogen-bond donors (Lipinski definition) is 1. The summed E-state index contributed by atoms with van der Waals surface area (Å²) < 4.78 is 0.366. The van der Waals surface area contributed by atoms with Crippen molar-refractivity contribution >= 4 is 11.8 Å². The number of nitrogens with one attached hydrogen (secondary N) is 1. The van der Waals surface area contributed by atoms with Crippen LogP contribution in [-0.4, -0.2) is 23.1 Å². The molecule has 1 aliphatic rings. The summed E-state index contributed by atoms with van der Waals surface area (Å²) in [5.74, 6) is 2.00. The van der Waals surface area contributed by atoms with E-state index in [9.17, 15) is 0 Å². The Bertz CT molecular complexity index is 408. The van der Waals surface area contributed by atoms with Crippen molar-refractivity contribution in [2.45, 2.75) is 57.2 Å². The SMILES string of the molecule is CCNC(CSC(C)(C)C)CC1Cc2ccccc21. The van der Waals surface area contributed by atoms with Gasteiger partial charge in [0.05, 0.1) is 0 Å². The van der Waals surface area contributed by atoms with E-state index in [4.69, 9.17) is 0 Å². The molecule has 0 aliphatic heterocycles. The fourth-order valence-electron chi connectivity index (χ4n) is 2.77. The standard InChI is InChI=1S/C17H27NS/c1-5-18-15(12-19-17(2,3)4)11-14-10-13-8-6-7-9-16(13)14/h6-9,14-15,18H,5,10-12H2,1-4H3. The first-order chi connectivity index (χ1) is 8.99. The van der Waals surface area contributed by atoms with Gasteiger partial charge in [0, 0.05) is 16.5 Å². The highest BCUT2D eigenvalue weighted by atomic mass is 32.2. The summed E-state index contributed by atoms with van der Waals surface area (Å²) in [5, 5.41) is 3.66. The van der Waals surface area contributed by atoms with Crippen LogP contribution in [0.2, 0.25) is 0 Å². The minimum Gasteiger partial charge on any atom is -0.313 e. The highest BCUT2D eigenvalue weighted by molar-refractivity contribution is 8.00. The molecular formula is C17H27NS. The van der Waals surface area contributed by atoms with Crippen molar-refractivity contribution in [2.75, 3.05) is 12.3 Å². The van der Waals surface area contributed by atoms with E-state index in [0.29, 0.717) is 10.8 Å². The molecule has 19 heavy (non-hydrogen) atoms. The molecule has 0 aromatic heterocycles. The lowest BCUT2D eigenvalue weighted by Gasteiger charge is -2.34. The summed E-state index contributed by atoms with van der Waals surface area (Å²) in [4.78, 5) is 0. The lowest BCUT2D eigenvalue weighted by atomic mass is 9.74. The van der Waals surface area contributed by atoms with Gasteiger partial charge in [0.25, 0.3) is 0 Å². The molecule has 1 nitrogen and oxygen atoms in total. The van der Waals surface area contributed by atoms with Gasteiger partial charge >= 0.3 is 0 Å². The van der Waals surface area contributed by atoms with E-state index < -0.39 is 0 Å². The Kier molecular flexibility index (Phi) is 4.97. The summed E-state index contributed by atoms with van der Waals surface area (Å²) in [6, 6.07) is 9.57. The third kappa shape index (κ3) is 4.25. The minimum atomic E-state index is 0.366. The number of thioether (sulfide) groups is 1. The molecule has 2 rings (SSSR count). The molecule has 1 aliphatic carbocycles. The van der Waals surface area contributed by atoms with Gasteiger partial charge in [0.2, 0.25) is 0 Å². The second-order valence-electron chi connectivity index (χ2n) is 6.51. The van der Waals surface area contributed by atoms with Crippen molar-refractivity contribution in [1.82, 2.24) is 5.32 Å². The predicted molar refractivity (Wildman–Crippen MR) is 87.2 cm³/mol. The molecule has 106 valence electrons. The van der Waals surface area contributed by atoms with Crippen molar-refractivity contribution in [2.24, 2.45) is 0 Å². The number of rotatable bonds is 6. The van der Waals surface area contributed by atoms with Crippen LogP contribution in [-0.2, 0) is 6.42 Å². The largest absolute Gasteiger partial charge is 0.313 e. The Morgan fingerprint density at radius 1 is 1.32 bits per heavy atom. The van der Waals surface area contributed by atoms with Gasteiger partial charge in [-0.2, -0.15) is 11.8 Å². The Morgan fingerprint density at radius 2 is 2.05 bits per heavy atom. The van der Waals surface area contributed by atoms with Crippen LogP contribution >= 0.6 is 11.8 Å². The Hall–Kier alpha value is -0.470.